The zero-order chi connectivity index (χ0) is 13.5. The largest absolute Gasteiger partial charge is 0.392 e. The van der Waals surface area contributed by atoms with Crippen molar-refractivity contribution in [3.8, 4) is 0 Å². The second-order valence-electron chi connectivity index (χ2n) is 4.27. The van der Waals surface area contributed by atoms with Crippen molar-refractivity contribution in [2.75, 3.05) is 19.6 Å². The molecule has 1 aromatic rings. The van der Waals surface area contributed by atoms with Crippen LogP contribution in [0.1, 0.15) is 22.8 Å². The number of nitrogens with one attached hydrogen (secondary N) is 2. The van der Waals surface area contributed by atoms with Gasteiger partial charge in [-0.15, -0.1) is 0 Å². The number of aryl methyl sites for hydroxylation is 1. The Kier molecular flexibility index (Phi) is 6.32. The molecule has 0 aliphatic heterocycles. The second-order valence-corrected chi connectivity index (χ2v) is 5.18. The predicted octanol–water partition coefficient (Wildman–Crippen LogP) is 1.46. The Morgan fingerprint density at radius 3 is 2.83 bits per heavy atom. The van der Waals surface area contributed by atoms with Gasteiger partial charge in [-0.3, -0.25) is 4.79 Å². The number of aliphatic hydroxyl groups excluding tert-OH is 1. The average molecular weight is 315 g/mol. The molecule has 0 bridgehead atoms. The van der Waals surface area contributed by atoms with Crippen molar-refractivity contribution in [1.29, 1.82) is 0 Å². The fourth-order valence-corrected chi connectivity index (χ4v) is 1.87. The van der Waals surface area contributed by atoms with Crippen molar-refractivity contribution in [2.45, 2.75) is 20.0 Å². The van der Waals surface area contributed by atoms with Crippen molar-refractivity contribution < 1.29 is 9.90 Å². The maximum atomic E-state index is 11.9. The van der Waals surface area contributed by atoms with Crippen molar-refractivity contribution in [1.82, 2.24) is 10.6 Å². The molecule has 1 unspecified atom stereocenters. The fourth-order valence-electron chi connectivity index (χ4n) is 1.51. The van der Waals surface area contributed by atoms with Crippen LogP contribution >= 0.6 is 15.9 Å². The average Bonchev–Trinajstić information content (AvgIpc) is 2.31. The van der Waals surface area contributed by atoms with E-state index < -0.39 is 0 Å². The van der Waals surface area contributed by atoms with E-state index in [0.717, 1.165) is 10.0 Å². The van der Waals surface area contributed by atoms with Gasteiger partial charge in [0.15, 0.2) is 0 Å². The Balaban J connectivity index is 2.39. The van der Waals surface area contributed by atoms with E-state index in [9.17, 15) is 4.79 Å². The van der Waals surface area contributed by atoms with Gasteiger partial charge in [-0.25, -0.2) is 0 Å². The summed E-state index contributed by atoms with van der Waals surface area (Å²) in [5.41, 5.74) is 1.63. The molecule has 0 saturated heterocycles. The molecule has 0 fully saturated rings. The van der Waals surface area contributed by atoms with Crippen LogP contribution in [0.2, 0.25) is 0 Å². The van der Waals surface area contributed by atoms with Crippen LogP contribution < -0.4 is 10.6 Å². The van der Waals surface area contributed by atoms with Gasteiger partial charge < -0.3 is 15.7 Å². The molecule has 3 N–H and O–H groups in total. The summed E-state index contributed by atoms with van der Waals surface area (Å²) in [6.45, 7) is 5.34. The summed E-state index contributed by atoms with van der Waals surface area (Å²) in [6.07, 6.45) is -0.368. The molecular weight excluding hydrogens is 296 g/mol. The number of benzene rings is 1. The van der Waals surface area contributed by atoms with Gasteiger partial charge in [0.25, 0.3) is 5.91 Å². The smallest absolute Gasteiger partial charge is 0.251 e. The van der Waals surface area contributed by atoms with Gasteiger partial charge in [0.2, 0.25) is 0 Å². The highest BCUT2D eigenvalue weighted by molar-refractivity contribution is 9.10. The van der Waals surface area contributed by atoms with Gasteiger partial charge in [0, 0.05) is 29.7 Å². The Bertz CT molecular complexity index is 408. The van der Waals surface area contributed by atoms with Gasteiger partial charge in [-0.05, 0) is 31.5 Å². The number of rotatable bonds is 6. The molecule has 5 heteroatoms. The lowest BCUT2D eigenvalue weighted by Gasteiger charge is -2.09. The van der Waals surface area contributed by atoms with E-state index in [1.807, 2.05) is 25.1 Å². The minimum Gasteiger partial charge on any atom is -0.392 e. The minimum atomic E-state index is -0.368. The highest BCUT2D eigenvalue weighted by Gasteiger charge is 2.08. The van der Waals surface area contributed by atoms with Crippen LogP contribution in [0, 0.1) is 6.92 Å². The Morgan fingerprint density at radius 1 is 1.44 bits per heavy atom. The number of amides is 1. The lowest BCUT2D eigenvalue weighted by atomic mass is 10.1. The zero-order valence-electron chi connectivity index (χ0n) is 10.7. The molecule has 1 rings (SSSR count). The van der Waals surface area contributed by atoms with E-state index in [0.29, 0.717) is 25.2 Å². The van der Waals surface area contributed by atoms with E-state index >= 15 is 0 Å². The lowest BCUT2D eigenvalue weighted by Crippen LogP contribution is -2.34. The molecule has 18 heavy (non-hydrogen) atoms. The molecular formula is C13H19BrN2O2. The molecule has 100 valence electrons. The van der Waals surface area contributed by atoms with Gasteiger partial charge in [-0.2, -0.15) is 0 Å². The zero-order valence-corrected chi connectivity index (χ0v) is 12.3. The number of carbonyl (C=O) groups is 1. The number of hydrogen-bond donors (Lipinski definition) is 3. The third kappa shape index (κ3) is 5.16. The van der Waals surface area contributed by atoms with Crippen LogP contribution in [0.3, 0.4) is 0 Å². The van der Waals surface area contributed by atoms with E-state index in [1.54, 1.807) is 6.92 Å². The third-order valence-electron chi connectivity index (χ3n) is 2.47. The topological polar surface area (TPSA) is 61.4 Å². The number of halogens is 1. The van der Waals surface area contributed by atoms with Gasteiger partial charge >= 0.3 is 0 Å². The first-order chi connectivity index (χ1) is 8.50. The quantitative estimate of drug-likeness (QED) is 0.697. The van der Waals surface area contributed by atoms with E-state index in [1.165, 1.54) is 0 Å². The van der Waals surface area contributed by atoms with Gasteiger partial charge in [0.05, 0.1) is 6.10 Å². The fraction of sp³-hybridized carbons (Fsp3) is 0.462. The van der Waals surface area contributed by atoms with Crippen molar-refractivity contribution >= 4 is 21.8 Å². The molecule has 1 aromatic carbocycles. The Hall–Kier alpha value is -0.910. The van der Waals surface area contributed by atoms with Crippen molar-refractivity contribution in [3.05, 3.63) is 33.8 Å². The highest BCUT2D eigenvalue weighted by Crippen LogP contribution is 2.15. The maximum Gasteiger partial charge on any atom is 0.251 e. The summed E-state index contributed by atoms with van der Waals surface area (Å²) in [7, 11) is 0. The van der Waals surface area contributed by atoms with E-state index in [4.69, 9.17) is 5.11 Å². The van der Waals surface area contributed by atoms with Crippen molar-refractivity contribution in [2.24, 2.45) is 0 Å². The monoisotopic (exact) mass is 314 g/mol. The lowest BCUT2D eigenvalue weighted by molar-refractivity contribution is 0.0953. The summed E-state index contributed by atoms with van der Waals surface area (Å²) in [5.74, 6) is -0.0763. The summed E-state index contributed by atoms with van der Waals surface area (Å²) >= 11 is 3.35. The second kappa shape index (κ2) is 7.51. The first kappa shape index (κ1) is 15.1. The maximum absolute atomic E-state index is 11.9. The Labute approximate surface area is 116 Å². The molecule has 0 aromatic heterocycles. The number of hydrogen-bond acceptors (Lipinski definition) is 3. The van der Waals surface area contributed by atoms with E-state index in [-0.39, 0.29) is 12.0 Å². The molecule has 0 heterocycles. The summed E-state index contributed by atoms with van der Waals surface area (Å²) in [5, 5.41) is 14.9. The first-order valence-corrected chi connectivity index (χ1v) is 6.73. The molecule has 1 atom stereocenters. The standard InChI is InChI=1S/C13H19BrN2O2/c1-9-3-4-11(14)7-12(9)13(18)16-6-5-15-8-10(2)17/h3-4,7,10,15,17H,5-6,8H2,1-2H3,(H,16,18). The van der Waals surface area contributed by atoms with Crippen molar-refractivity contribution in [3.63, 3.8) is 0 Å². The summed E-state index contributed by atoms with van der Waals surface area (Å²) in [6, 6.07) is 5.63. The molecule has 4 nitrogen and oxygen atoms in total. The van der Waals surface area contributed by atoms with E-state index in [2.05, 4.69) is 26.6 Å². The first-order valence-electron chi connectivity index (χ1n) is 5.94. The number of carbonyl (C=O) groups excluding carboxylic acids is 1. The summed E-state index contributed by atoms with van der Waals surface area (Å²) < 4.78 is 0.894. The van der Waals surface area contributed by atoms with Crippen LogP contribution in [0.4, 0.5) is 0 Å². The van der Waals surface area contributed by atoms with Gasteiger partial charge in [-0.1, -0.05) is 22.0 Å². The van der Waals surface area contributed by atoms with Crippen LogP contribution in [0.15, 0.2) is 22.7 Å². The molecule has 0 saturated carbocycles. The normalized spacial score (nSPS) is 12.2. The molecule has 0 aliphatic rings. The molecule has 0 aliphatic carbocycles. The summed E-state index contributed by atoms with van der Waals surface area (Å²) in [4.78, 5) is 11.9. The Morgan fingerprint density at radius 2 is 2.17 bits per heavy atom. The predicted molar refractivity (Wildman–Crippen MR) is 75.8 cm³/mol. The number of aliphatic hydroxyl groups is 1. The highest BCUT2D eigenvalue weighted by atomic mass is 79.9. The van der Waals surface area contributed by atoms with Crippen LogP contribution in [-0.4, -0.2) is 36.8 Å². The molecule has 0 radical (unpaired) electrons. The van der Waals surface area contributed by atoms with Crippen LogP contribution in [0.5, 0.6) is 0 Å². The van der Waals surface area contributed by atoms with Crippen LogP contribution in [0.25, 0.3) is 0 Å². The third-order valence-corrected chi connectivity index (χ3v) is 2.96. The minimum absolute atomic E-state index is 0.0763. The molecule has 1 amide bonds. The van der Waals surface area contributed by atoms with Crippen LogP contribution in [-0.2, 0) is 0 Å². The van der Waals surface area contributed by atoms with Gasteiger partial charge in [0.1, 0.15) is 0 Å². The molecule has 0 spiro atoms. The SMILES string of the molecule is Cc1ccc(Br)cc1C(=O)NCCNCC(C)O.